The Balaban J connectivity index is 1.73. The average Bonchev–Trinajstić information content (AvgIpc) is 2.39. The molecule has 94 valence electrons. The van der Waals surface area contributed by atoms with Gasteiger partial charge in [-0.25, -0.2) is 4.39 Å². The molecule has 3 heteroatoms. The van der Waals surface area contributed by atoms with E-state index in [2.05, 4.69) is 0 Å². The van der Waals surface area contributed by atoms with Crippen LogP contribution < -0.4 is 9.47 Å². The maximum atomic E-state index is 12.6. The van der Waals surface area contributed by atoms with Gasteiger partial charge in [-0.15, -0.1) is 0 Å². The molecular weight excluding hydrogens is 231 g/mol. The molecule has 0 heterocycles. The van der Waals surface area contributed by atoms with E-state index < -0.39 is 0 Å². The molecule has 0 aliphatic heterocycles. The predicted molar refractivity (Wildman–Crippen MR) is 68.6 cm³/mol. The molecule has 0 amide bonds. The molecule has 0 aliphatic carbocycles. The summed E-state index contributed by atoms with van der Waals surface area (Å²) < 4.78 is 23.6. The minimum Gasteiger partial charge on any atom is -0.490 e. The first-order valence-electron chi connectivity index (χ1n) is 5.82. The van der Waals surface area contributed by atoms with Gasteiger partial charge in [0.15, 0.2) is 0 Å². The number of rotatable bonds is 5. The highest BCUT2D eigenvalue weighted by Gasteiger charge is 1.96. The van der Waals surface area contributed by atoms with Crippen molar-refractivity contribution in [3.8, 4) is 11.5 Å². The number of hydrogen-bond acceptors (Lipinski definition) is 2. The van der Waals surface area contributed by atoms with Crippen molar-refractivity contribution in [1.29, 1.82) is 0 Å². The van der Waals surface area contributed by atoms with E-state index in [1.807, 2.05) is 31.2 Å². The van der Waals surface area contributed by atoms with Crippen molar-refractivity contribution in [2.24, 2.45) is 0 Å². The fourth-order valence-electron chi connectivity index (χ4n) is 1.48. The first-order valence-corrected chi connectivity index (χ1v) is 5.82. The topological polar surface area (TPSA) is 18.5 Å². The summed E-state index contributed by atoms with van der Waals surface area (Å²) in [4.78, 5) is 0. The minimum absolute atomic E-state index is 0.266. The number of ether oxygens (including phenoxy) is 2. The van der Waals surface area contributed by atoms with E-state index in [9.17, 15) is 4.39 Å². The lowest BCUT2D eigenvalue weighted by Crippen LogP contribution is -2.08. The Morgan fingerprint density at radius 1 is 0.778 bits per heavy atom. The zero-order valence-corrected chi connectivity index (χ0v) is 10.2. The van der Waals surface area contributed by atoms with E-state index in [1.165, 1.54) is 17.7 Å². The quantitative estimate of drug-likeness (QED) is 0.750. The van der Waals surface area contributed by atoms with Crippen molar-refractivity contribution < 1.29 is 13.9 Å². The van der Waals surface area contributed by atoms with E-state index >= 15 is 0 Å². The van der Waals surface area contributed by atoms with Crippen LogP contribution in [0.3, 0.4) is 0 Å². The molecule has 0 saturated carbocycles. The number of aryl methyl sites for hydroxylation is 1. The Morgan fingerprint density at radius 3 is 1.72 bits per heavy atom. The second-order valence-electron chi connectivity index (χ2n) is 3.96. The Bertz CT molecular complexity index is 429. The van der Waals surface area contributed by atoms with Crippen LogP contribution in [0.1, 0.15) is 5.56 Å². The summed E-state index contributed by atoms with van der Waals surface area (Å²) in [7, 11) is 0. The summed E-state index contributed by atoms with van der Waals surface area (Å²) >= 11 is 0. The van der Waals surface area contributed by atoms with Crippen LogP contribution in [0, 0.1) is 12.7 Å². The fraction of sp³-hybridized carbons (Fsp3) is 0.200. The Kier molecular flexibility index (Phi) is 4.18. The third kappa shape index (κ3) is 3.77. The van der Waals surface area contributed by atoms with Gasteiger partial charge in [-0.2, -0.15) is 0 Å². The summed E-state index contributed by atoms with van der Waals surface area (Å²) in [6.45, 7) is 2.92. The van der Waals surface area contributed by atoms with Crippen molar-refractivity contribution >= 4 is 0 Å². The van der Waals surface area contributed by atoms with E-state index in [0.717, 1.165) is 5.75 Å². The molecule has 0 bridgehead atoms. The van der Waals surface area contributed by atoms with Gasteiger partial charge in [0.1, 0.15) is 30.5 Å². The lowest BCUT2D eigenvalue weighted by Gasteiger charge is -2.08. The van der Waals surface area contributed by atoms with Gasteiger partial charge in [-0.1, -0.05) is 17.7 Å². The predicted octanol–water partition coefficient (Wildman–Crippen LogP) is 3.59. The molecule has 2 aromatic carbocycles. The molecule has 18 heavy (non-hydrogen) atoms. The minimum atomic E-state index is -0.266. The van der Waals surface area contributed by atoms with Crippen LogP contribution in [0.4, 0.5) is 4.39 Å². The third-order valence-electron chi connectivity index (χ3n) is 2.46. The summed E-state index contributed by atoms with van der Waals surface area (Å²) in [5.74, 6) is 1.20. The van der Waals surface area contributed by atoms with Crippen LogP contribution in [0.25, 0.3) is 0 Å². The van der Waals surface area contributed by atoms with Gasteiger partial charge in [0.25, 0.3) is 0 Å². The van der Waals surface area contributed by atoms with E-state index in [0.29, 0.717) is 19.0 Å². The summed E-state index contributed by atoms with van der Waals surface area (Å²) in [6, 6.07) is 13.8. The lowest BCUT2D eigenvalue weighted by molar-refractivity contribution is 0.217. The van der Waals surface area contributed by atoms with Crippen molar-refractivity contribution in [2.75, 3.05) is 13.2 Å². The maximum Gasteiger partial charge on any atom is 0.123 e. The molecule has 0 N–H and O–H groups in total. The largest absolute Gasteiger partial charge is 0.490 e. The van der Waals surface area contributed by atoms with Crippen molar-refractivity contribution in [1.82, 2.24) is 0 Å². The van der Waals surface area contributed by atoms with Crippen LogP contribution in [0.5, 0.6) is 11.5 Å². The zero-order valence-electron chi connectivity index (χ0n) is 10.2. The van der Waals surface area contributed by atoms with E-state index in [4.69, 9.17) is 9.47 Å². The Labute approximate surface area is 106 Å². The number of halogens is 1. The number of benzene rings is 2. The molecule has 2 aromatic rings. The van der Waals surface area contributed by atoms with Crippen LogP contribution in [-0.4, -0.2) is 13.2 Å². The Hall–Kier alpha value is -2.03. The van der Waals surface area contributed by atoms with Gasteiger partial charge in [0.2, 0.25) is 0 Å². The van der Waals surface area contributed by atoms with Crippen LogP contribution in [-0.2, 0) is 0 Å². The molecule has 2 rings (SSSR count). The summed E-state index contributed by atoms with van der Waals surface area (Å²) in [5.41, 5.74) is 1.20. The smallest absolute Gasteiger partial charge is 0.123 e. The molecule has 0 fully saturated rings. The van der Waals surface area contributed by atoms with Gasteiger partial charge in [0.05, 0.1) is 0 Å². The second-order valence-corrected chi connectivity index (χ2v) is 3.96. The molecule has 0 aromatic heterocycles. The molecule has 0 spiro atoms. The van der Waals surface area contributed by atoms with Gasteiger partial charge in [0, 0.05) is 0 Å². The lowest BCUT2D eigenvalue weighted by atomic mass is 10.2. The van der Waals surface area contributed by atoms with Crippen LogP contribution >= 0.6 is 0 Å². The molecular formula is C15H15FO2. The highest BCUT2D eigenvalue weighted by Crippen LogP contribution is 2.13. The fourth-order valence-corrected chi connectivity index (χ4v) is 1.48. The SMILES string of the molecule is Cc1ccc(OCCOc2ccc(F)cc2)cc1. The van der Waals surface area contributed by atoms with Crippen molar-refractivity contribution in [3.63, 3.8) is 0 Å². The second kappa shape index (κ2) is 6.05. The first-order chi connectivity index (χ1) is 8.74. The number of hydrogen-bond donors (Lipinski definition) is 0. The molecule has 2 nitrogen and oxygen atoms in total. The maximum absolute atomic E-state index is 12.6. The standard InChI is InChI=1S/C15H15FO2/c1-12-2-6-14(7-3-12)17-10-11-18-15-8-4-13(16)5-9-15/h2-9H,10-11H2,1H3. The molecule has 0 atom stereocenters. The highest BCUT2D eigenvalue weighted by atomic mass is 19.1. The normalized spacial score (nSPS) is 10.1. The monoisotopic (exact) mass is 246 g/mol. The van der Waals surface area contributed by atoms with Crippen LogP contribution in [0.15, 0.2) is 48.5 Å². The van der Waals surface area contributed by atoms with Crippen LogP contribution in [0.2, 0.25) is 0 Å². The molecule has 0 saturated heterocycles. The summed E-state index contributed by atoms with van der Waals surface area (Å²) in [6.07, 6.45) is 0. The van der Waals surface area contributed by atoms with Crippen molar-refractivity contribution in [2.45, 2.75) is 6.92 Å². The molecule has 0 aliphatic rings. The van der Waals surface area contributed by atoms with Gasteiger partial charge in [-0.3, -0.25) is 0 Å². The Morgan fingerprint density at radius 2 is 1.22 bits per heavy atom. The molecule has 0 radical (unpaired) electrons. The molecule has 0 unspecified atom stereocenters. The van der Waals surface area contributed by atoms with Gasteiger partial charge < -0.3 is 9.47 Å². The third-order valence-corrected chi connectivity index (χ3v) is 2.46. The van der Waals surface area contributed by atoms with Gasteiger partial charge >= 0.3 is 0 Å². The van der Waals surface area contributed by atoms with Crippen molar-refractivity contribution in [3.05, 3.63) is 59.9 Å². The first kappa shape index (κ1) is 12.4. The average molecular weight is 246 g/mol. The summed E-state index contributed by atoms with van der Waals surface area (Å²) in [5, 5.41) is 0. The zero-order chi connectivity index (χ0) is 12.8. The van der Waals surface area contributed by atoms with E-state index in [1.54, 1.807) is 12.1 Å². The van der Waals surface area contributed by atoms with Gasteiger partial charge in [-0.05, 0) is 43.3 Å². The van der Waals surface area contributed by atoms with E-state index in [-0.39, 0.29) is 5.82 Å². The highest BCUT2D eigenvalue weighted by molar-refractivity contribution is 5.26.